The van der Waals surface area contributed by atoms with Crippen molar-refractivity contribution in [3.8, 4) is 0 Å². The molecule has 1 saturated carbocycles. The third-order valence-electron chi connectivity index (χ3n) is 5.25. The van der Waals surface area contributed by atoms with Crippen molar-refractivity contribution in [3.63, 3.8) is 0 Å². The fourth-order valence-electron chi connectivity index (χ4n) is 3.38. The predicted octanol–water partition coefficient (Wildman–Crippen LogP) is 4.49. The molecule has 3 atom stereocenters. The van der Waals surface area contributed by atoms with Crippen LogP contribution in [0.4, 0.5) is 4.39 Å². The van der Waals surface area contributed by atoms with Crippen LogP contribution in [0.25, 0.3) is 11.1 Å². The molecule has 1 aliphatic carbocycles. The highest BCUT2D eigenvalue weighted by Gasteiger charge is 2.44. The fraction of sp³-hybridized carbons (Fsp3) is 0.562. The molecule has 2 aromatic rings. The van der Waals surface area contributed by atoms with E-state index in [4.69, 9.17) is 21.8 Å². The molecule has 0 bridgehead atoms. The van der Waals surface area contributed by atoms with E-state index in [1.165, 1.54) is 12.1 Å². The SMILES string of the molecule is CC1C(N)CCC(c2nc3cc(Cl)c(F)cc3o2)C1(C)C. The topological polar surface area (TPSA) is 52.0 Å². The van der Waals surface area contributed by atoms with Crippen molar-refractivity contribution in [2.24, 2.45) is 17.1 Å². The molecule has 0 radical (unpaired) electrons. The zero-order chi connectivity index (χ0) is 15.4. The van der Waals surface area contributed by atoms with E-state index in [-0.39, 0.29) is 22.4 Å². The third-order valence-corrected chi connectivity index (χ3v) is 5.54. The molecule has 1 aliphatic rings. The summed E-state index contributed by atoms with van der Waals surface area (Å²) in [5.74, 6) is 0.730. The molecule has 0 amide bonds. The Morgan fingerprint density at radius 1 is 1.38 bits per heavy atom. The molecule has 3 unspecified atom stereocenters. The van der Waals surface area contributed by atoms with E-state index in [0.717, 1.165) is 12.8 Å². The van der Waals surface area contributed by atoms with Gasteiger partial charge in [0.2, 0.25) is 0 Å². The average Bonchev–Trinajstić information content (AvgIpc) is 2.79. The van der Waals surface area contributed by atoms with Crippen LogP contribution in [0.2, 0.25) is 5.02 Å². The number of fused-ring (bicyclic) bond motifs is 1. The lowest BCUT2D eigenvalue weighted by atomic mass is 9.61. The van der Waals surface area contributed by atoms with E-state index in [0.29, 0.717) is 22.9 Å². The van der Waals surface area contributed by atoms with Crippen LogP contribution in [0.3, 0.4) is 0 Å². The molecule has 0 saturated heterocycles. The van der Waals surface area contributed by atoms with Crippen LogP contribution in [-0.2, 0) is 0 Å². The van der Waals surface area contributed by atoms with Gasteiger partial charge in [0.05, 0.1) is 5.02 Å². The summed E-state index contributed by atoms with van der Waals surface area (Å²) in [6.45, 7) is 6.57. The highest BCUT2D eigenvalue weighted by molar-refractivity contribution is 6.31. The smallest absolute Gasteiger partial charge is 0.199 e. The number of aromatic nitrogens is 1. The minimum atomic E-state index is -0.481. The molecular formula is C16H20ClFN2O. The first-order chi connectivity index (χ1) is 9.80. The van der Waals surface area contributed by atoms with Gasteiger partial charge in [0, 0.05) is 18.0 Å². The average molecular weight is 311 g/mol. The summed E-state index contributed by atoms with van der Waals surface area (Å²) in [7, 11) is 0. The molecule has 3 rings (SSSR count). The molecule has 3 nitrogen and oxygen atoms in total. The normalized spacial score (nSPS) is 29.0. The minimum absolute atomic E-state index is 0.0130. The van der Waals surface area contributed by atoms with Crippen LogP contribution in [0.1, 0.15) is 45.4 Å². The van der Waals surface area contributed by atoms with Crippen LogP contribution in [0, 0.1) is 17.2 Å². The van der Waals surface area contributed by atoms with E-state index < -0.39 is 5.82 Å². The molecule has 5 heteroatoms. The minimum Gasteiger partial charge on any atom is -0.440 e. The zero-order valence-corrected chi connectivity index (χ0v) is 13.2. The van der Waals surface area contributed by atoms with Crippen molar-refractivity contribution in [1.29, 1.82) is 0 Å². The number of nitrogens with zero attached hydrogens (tertiary/aromatic N) is 1. The van der Waals surface area contributed by atoms with Crippen molar-refractivity contribution < 1.29 is 8.81 Å². The monoisotopic (exact) mass is 310 g/mol. The van der Waals surface area contributed by atoms with Crippen molar-refractivity contribution in [1.82, 2.24) is 4.98 Å². The van der Waals surface area contributed by atoms with Crippen molar-refractivity contribution >= 4 is 22.7 Å². The molecule has 1 aromatic carbocycles. The molecule has 0 aliphatic heterocycles. The molecule has 21 heavy (non-hydrogen) atoms. The Bertz CT molecular complexity index is 643. The lowest BCUT2D eigenvalue weighted by Crippen LogP contribution is -2.45. The second kappa shape index (κ2) is 4.96. The Balaban J connectivity index is 2.04. The van der Waals surface area contributed by atoms with Gasteiger partial charge in [-0.25, -0.2) is 9.37 Å². The van der Waals surface area contributed by atoms with E-state index in [9.17, 15) is 4.39 Å². The molecule has 1 fully saturated rings. The number of hydrogen-bond acceptors (Lipinski definition) is 3. The first-order valence-electron chi connectivity index (χ1n) is 7.31. The summed E-state index contributed by atoms with van der Waals surface area (Å²) in [5, 5.41) is 0.0700. The van der Waals surface area contributed by atoms with Gasteiger partial charge in [-0.15, -0.1) is 0 Å². The van der Waals surface area contributed by atoms with Crippen LogP contribution in [0.5, 0.6) is 0 Å². The van der Waals surface area contributed by atoms with Gasteiger partial charge in [-0.1, -0.05) is 32.4 Å². The van der Waals surface area contributed by atoms with Crippen molar-refractivity contribution in [3.05, 3.63) is 28.9 Å². The van der Waals surface area contributed by atoms with Gasteiger partial charge in [-0.3, -0.25) is 0 Å². The van der Waals surface area contributed by atoms with Crippen LogP contribution in [-0.4, -0.2) is 11.0 Å². The van der Waals surface area contributed by atoms with Gasteiger partial charge in [-0.2, -0.15) is 0 Å². The number of nitrogens with two attached hydrogens (primary N) is 1. The Hall–Kier alpha value is -1.13. The van der Waals surface area contributed by atoms with Gasteiger partial charge in [0.25, 0.3) is 0 Å². The third kappa shape index (κ3) is 2.34. The van der Waals surface area contributed by atoms with Crippen molar-refractivity contribution in [2.45, 2.75) is 45.6 Å². The second-order valence-corrected chi connectivity index (χ2v) is 7.10. The van der Waals surface area contributed by atoms with E-state index in [2.05, 4.69) is 25.8 Å². The quantitative estimate of drug-likeness (QED) is 0.844. The number of benzene rings is 1. The number of halogens is 2. The van der Waals surface area contributed by atoms with E-state index >= 15 is 0 Å². The molecule has 1 heterocycles. The standard InChI is InChI=1S/C16H20ClFN2O/c1-8-12(19)5-4-9(16(8,2)3)15-20-13-6-10(17)11(18)7-14(13)21-15/h6-9,12H,4-5,19H2,1-3H3. The van der Waals surface area contributed by atoms with Gasteiger partial charge < -0.3 is 10.2 Å². The Labute approximate surface area is 128 Å². The lowest BCUT2D eigenvalue weighted by molar-refractivity contribution is 0.0854. The van der Waals surface area contributed by atoms with Crippen molar-refractivity contribution in [2.75, 3.05) is 0 Å². The number of rotatable bonds is 1. The summed E-state index contributed by atoms with van der Waals surface area (Å²) in [6, 6.07) is 3.02. The van der Waals surface area contributed by atoms with Crippen LogP contribution >= 0.6 is 11.6 Å². The van der Waals surface area contributed by atoms with E-state index in [1.807, 2.05) is 0 Å². The summed E-state index contributed by atoms with van der Waals surface area (Å²) < 4.78 is 19.3. The molecule has 0 spiro atoms. The summed E-state index contributed by atoms with van der Waals surface area (Å²) in [4.78, 5) is 4.53. The number of hydrogen-bond donors (Lipinski definition) is 1. The predicted molar refractivity (Wildman–Crippen MR) is 81.9 cm³/mol. The maximum atomic E-state index is 13.5. The van der Waals surface area contributed by atoms with Gasteiger partial charge >= 0.3 is 0 Å². The largest absolute Gasteiger partial charge is 0.440 e. The first-order valence-corrected chi connectivity index (χ1v) is 7.69. The molecule has 1 aromatic heterocycles. The van der Waals surface area contributed by atoms with Gasteiger partial charge in [0.15, 0.2) is 11.5 Å². The summed E-state index contributed by atoms with van der Waals surface area (Å²) in [5.41, 5.74) is 7.23. The molecule has 2 N–H and O–H groups in total. The summed E-state index contributed by atoms with van der Waals surface area (Å²) in [6.07, 6.45) is 1.88. The summed E-state index contributed by atoms with van der Waals surface area (Å²) >= 11 is 5.81. The van der Waals surface area contributed by atoms with Crippen LogP contribution in [0.15, 0.2) is 16.5 Å². The molecular weight excluding hydrogens is 291 g/mol. The van der Waals surface area contributed by atoms with Crippen LogP contribution < -0.4 is 5.73 Å². The highest BCUT2D eigenvalue weighted by atomic mass is 35.5. The second-order valence-electron chi connectivity index (χ2n) is 6.69. The maximum Gasteiger partial charge on any atom is 0.199 e. The van der Waals surface area contributed by atoms with E-state index in [1.54, 1.807) is 0 Å². The number of oxazole rings is 1. The fourth-order valence-corrected chi connectivity index (χ4v) is 3.54. The van der Waals surface area contributed by atoms with Gasteiger partial charge in [0.1, 0.15) is 11.3 Å². The Morgan fingerprint density at radius 3 is 2.81 bits per heavy atom. The Morgan fingerprint density at radius 2 is 2.10 bits per heavy atom. The zero-order valence-electron chi connectivity index (χ0n) is 12.5. The first kappa shape index (κ1) is 14.8. The van der Waals surface area contributed by atoms with Gasteiger partial charge in [-0.05, 0) is 30.2 Å². The maximum absolute atomic E-state index is 13.5. The lowest BCUT2D eigenvalue weighted by Gasteiger charge is -2.45. The Kier molecular flexibility index (Phi) is 3.49. The highest BCUT2D eigenvalue weighted by Crippen LogP contribution is 2.49. The molecule has 114 valence electrons.